The number of carboxylic acid groups (broad SMARTS) is 1. The molecule has 0 amide bonds. The van der Waals surface area contributed by atoms with E-state index in [1.54, 1.807) is 11.3 Å². The molecule has 1 saturated carbocycles. The van der Waals surface area contributed by atoms with Crippen molar-refractivity contribution in [1.29, 1.82) is 0 Å². The predicted octanol–water partition coefficient (Wildman–Crippen LogP) is 2.46. The maximum absolute atomic E-state index is 11.0. The maximum atomic E-state index is 11.0. The largest absolute Gasteiger partial charge is 0.480 e. The lowest BCUT2D eigenvalue weighted by atomic mass is 10.2. The van der Waals surface area contributed by atoms with Crippen LogP contribution in [0.5, 0.6) is 0 Å². The molecule has 1 aliphatic rings. The van der Waals surface area contributed by atoms with Crippen LogP contribution in [-0.4, -0.2) is 17.1 Å². The van der Waals surface area contributed by atoms with Gasteiger partial charge in [0.1, 0.15) is 6.04 Å². The van der Waals surface area contributed by atoms with Crippen LogP contribution in [0.25, 0.3) is 0 Å². The van der Waals surface area contributed by atoms with Gasteiger partial charge in [0.2, 0.25) is 0 Å². The second-order valence-electron chi connectivity index (χ2n) is 3.73. The number of hydrogen-bond acceptors (Lipinski definition) is 3. The van der Waals surface area contributed by atoms with Gasteiger partial charge in [-0.1, -0.05) is 0 Å². The van der Waals surface area contributed by atoms with Gasteiger partial charge in [0, 0.05) is 15.9 Å². The molecule has 15 heavy (non-hydrogen) atoms. The van der Waals surface area contributed by atoms with E-state index in [1.165, 1.54) is 0 Å². The van der Waals surface area contributed by atoms with Crippen LogP contribution in [0.3, 0.4) is 0 Å². The van der Waals surface area contributed by atoms with Crippen molar-refractivity contribution < 1.29 is 9.90 Å². The average Bonchev–Trinajstić information content (AvgIpc) is 2.92. The topological polar surface area (TPSA) is 49.3 Å². The lowest BCUT2D eigenvalue weighted by molar-refractivity contribution is -0.140. The number of carbonyl (C=O) groups is 1. The van der Waals surface area contributed by atoms with Gasteiger partial charge < -0.3 is 5.11 Å². The quantitative estimate of drug-likeness (QED) is 0.876. The molecule has 0 bridgehead atoms. The van der Waals surface area contributed by atoms with E-state index in [9.17, 15) is 4.79 Å². The number of rotatable bonds is 5. The first-order chi connectivity index (χ1) is 7.18. The molecule has 0 aliphatic heterocycles. The van der Waals surface area contributed by atoms with Crippen LogP contribution in [0, 0.1) is 5.92 Å². The first kappa shape index (κ1) is 11.1. The summed E-state index contributed by atoms with van der Waals surface area (Å²) in [5, 5.41) is 14.1. The summed E-state index contributed by atoms with van der Waals surface area (Å²) in [6.07, 6.45) is 2.07. The highest BCUT2D eigenvalue weighted by atomic mass is 79.9. The fourth-order valence-corrected chi connectivity index (χ4v) is 2.98. The van der Waals surface area contributed by atoms with E-state index in [-0.39, 0.29) is 6.04 Å². The molecule has 0 spiro atoms. The number of thiophene rings is 1. The smallest absolute Gasteiger partial charge is 0.320 e. The third kappa shape index (κ3) is 2.80. The highest BCUT2D eigenvalue weighted by Gasteiger charge is 2.35. The monoisotopic (exact) mass is 289 g/mol. The maximum Gasteiger partial charge on any atom is 0.320 e. The summed E-state index contributed by atoms with van der Waals surface area (Å²) in [5.41, 5.74) is 0. The Labute approximate surface area is 101 Å². The summed E-state index contributed by atoms with van der Waals surface area (Å²) in [7, 11) is 0. The molecule has 0 aromatic carbocycles. The van der Waals surface area contributed by atoms with Crippen molar-refractivity contribution in [3.63, 3.8) is 0 Å². The van der Waals surface area contributed by atoms with E-state index < -0.39 is 5.97 Å². The molecular weight excluding hydrogens is 278 g/mol. The Morgan fingerprint density at radius 2 is 2.47 bits per heavy atom. The molecule has 0 radical (unpaired) electrons. The molecule has 0 saturated heterocycles. The molecule has 1 fully saturated rings. The Balaban J connectivity index is 1.91. The van der Waals surface area contributed by atoms with Crippen LogP contribution < -0.4 is 5.32 Å². The van der Waals surface area contributed by atoms with Crippen molar-refractivity contribution in [2.75, 3.05) is 0 Å². The second-order valence-corrected chi connectivity index (χ2v) is 5.58. The van der Waals surface area contributed by atoms with E-state index in [4.69, 9.17) is 5.11 Å². The van der Waals surface area contributed by atoms with E-state index in [1.807, 2.05) is 11.4 Å². The van der Waals surface area contributed by atoms with Crippen LogP contribution in [-0.2, 0) is 11.3 Å². The van der Waals surface area contributed by atoms with E-state index in [0.29, 0.717) is 12.5 Å². The Kier molecular flexibility index (Phi) is 3.43. The van der Waals surface area contributed by atoms with Crippen LogP contribution >= 0.6 is 27.3 Å². The zero-order chi connectivity index (χ0) is 10.8. The molecule has 2 N–H and O–H groups in total. The van der Waals surface area contributed by atoms with Crippen LogP contribution in [0.2, 0.25) is 0 Å². The standard InChI is InChI=1S/C10H12BrNO2S/c11-7-3-4-15-8(7)5-12-9(10(13)14)6-1-2-6/h3-4,6,9,12H,1-2,5H2,(H,13,14). The minimum Gasteiger partial charge on any atom is -0.480 e. The Morgan fingerprint density at radius 1 is 1.73 bits per heavy atom. The molecule has 1 aromatic heterocycles. The molecule has 1 aromatic rings. The summed E-state index contributed by atoms with van der Waals surface area (Å²) in [6, 6.07) is 1.60. The SMILES string of the molecule is O=C(O)C(NCc1sccc1Br)C1CC1. The highest BCUT2D eigenvalue weighted by molar-refractivity contribution is 9.10. The first-order valence-electron chi connectivity index (χ1n) is 4.86. The molecular formula is C10H12BrNO2S. The Bertz CT molecular complexity index is 362. The normalized spacial score (nSPS) is 17.7. The van der Waals surface area contributed by atoms with E-state index in [0.717, 1.165) is 22.2 Å². The number of nitrogens with one attached hydrogen (secondary N) is 1. The predicted molar refractivity (Wildman–Crippen MR) is 63.0 cm³/mol. The molecule has 2 rings (SSSR count). The Hall–Kier alpha value is -0.390. The van der Waals surface area contributed by atoms with Gasteiger partial charge >= 0.3 is 5.97 Å². The molecule has 1 unspecified atom stereocenters. The summed E-state index contributed by atoms with van der Waals surface area (Å²) in [4.78, 5) is 12.1. The molecule has 3 nitrogen and oxygen atoms in total. The molecule has 82 valence electrons. The van der Waals surface area contributed by atoms with Crippen molar-refractivity contribution in [3.8, 4) is 0 Å². The van der Waals surface area contributed by atoms with Gasteiger partial charge in [-0.25, -0.2) is 0 Å². The molecule has 1 heterocycles. The van der Waals surface area contributed by atoms with Gasteiger partial charge in [-0.2, -0.15) is 0 Å². The van der Waals surface area contributed by atoms with Crippen molar-refractivity contribution >= 4 is 33.2 Å². The van der Waals surface area contributed by atoms with Crippen LogP contribution in [0.4, 0.5) is 0 Å². The van der Waals surface area contributed by atoms with Crippen molar-refractivity contribution in [2.45, 2.75) is 25.4 Å². The van der Waals surface area contributed by atoms with Crippen LogP contribution in [0.15, 0.2) is 15.9 Å². The zero-order valence-electron chi connectivity index (χ0n) is 8.07. The van der Waals surface area contributed by atoms with Gasteiger partial charge in [0.25, 0.3) is 0 Å². The van der Waals surface area contributed by atoms with Crippen molar-refractivity contribution in [1.82, 2.24) is 5.32 Å². The average molecular weight is 290 g/mol. The summed E-state index contributed by atoms with van der Waals surface area (Å²) in [5.74, 6) is -0.397. The summed E-state index contributed by atoms with van der Waals surface area (Å²) in [6.45, 7) is 0.631. The fraction of sp³-hybridized carbons (Fsp3) is 0.500. The first-order valence-corrected chi connectivity index (χ1v) is 6.54. The number of hydrogen-bond donors (Lipinski definition) is 2. The van der Waals surface area contributed by atoms with Gasteiger partial charge in [0.05, 0.1) is 0 Å². The summed E-state index contributed by atoms with van der Waals surface area (Å²) < 4.78 is 1.06. The third-order valence-electron chi connectivity index (χ3n) is 2.53. The number of carboxylic acids is 1. The summed E-state index contributed by atoms with van der Waals surface area (Å²) >= 11 is 5.06. The van der Waals surface area contributed by atoms with Crippen LogP contribution in [0.1, 0.15) is 17.7 Å². The van der Waals surface area contributed by atoms with Crippen molar-refractivity contribution in [3.05, 3.63) is 20.8 Å². The number of aliphatic carboxylic acids is 1. The zero-order valence-corrected chi connectivity index (χ0v) is 10.5. The van der Waals surface area contributed by atoms with Gasteiger partial charge in [0.15, 0.2) is 0 Å². The molecule has 1 atom stereocenters. The second kappa shape index (κ2) is 4.63. The van der Waals surface area contributed by atoms with Crippen molar-refractivity contribution in [2.24, 2.45) is 5.92 Å². The van der Waals surface area contributed by atoms with Gasteiger partial charge in [-0.15, -0.1) is 11.3 Å². The molecule has 1 aliphatic carbocycles. The Morgan fingerprint density at radius 3 is 2.93 bits per heavy atom. The third-order valence-corrected chi connectivity index (χ3v) is 4.46. The number of halogens is 1. The van der Waals surface area contributed by atoms with E-state index in [2.05, 4.69) is 21.2 Å². The van der Waals surface area contributed by atoms with E-state index >= 15 is 0 Å². The minimum absolute atomic E-state index is 0.334. The lowest BCUT2D eigenvalue weighted by Crippen LogP contribution is -2.37. The molecule has 5 heteroatoms. The lowest BCUT2D eigenvalue weighted by Gasteiger charge is -2.12. The van der Waals surface area contributed by atoms with Gasteiger partial charge in [-0.3, -0.25) is 10.1 Å². The van der Waals surface area contributed by atoms with Gasteiger partial charge in [-0.05, 0) is 46.1 Å². The highest BCUT2D eigenvalue weighted by Crippen LogP contribution is 2.33. The minimum atomic E-state index is -0.731. The fourth-order valence-electron chi connectivity index (χ4n) is 1.54.